The van der Waals surface area contributed by atoms with Gasteiger partial charge in [-0.1, -0.05) is 0 Å². The van der Waals surface area contributed by atoms with E-state index in [4.69, 9.17) is 10.5 Å². The lowest BCUT2D eigenvalue weighted by molar-refractivity contribution is -0.131. The predicted molar refractivity (Wildman–Crippen MR) is 45.6 cm³/mol. The molecule has 0 saturated carbocycles. The van der Waals surface area contributed by atoms with E-state index in [-0.39, 0.29) is 18.0 Å². The van der Waals surface area contributed by atoms with Crippen molar-refractivity contribution in [1.29, 1.82) is 0 Å². The van der Waals surface area contributed by atoms with Gasteiger partial charge in [0.15, 0.2) is 0 Å². The summed E-state index contributed by atoms with van der Waals surface area (Å²) in [7, 11) is 1.64. The first kappa shape index (κ1) is 9.48. The first-order valence-electron chi connectivity index (χ1n) is 4.21. The second-order valence-corrected chi connectivity index (χ2v) is 3.23. The maximum Gasteiger partial charge on any atom is 0.239 e. The number of rotatable bonds is 3. The SMILES string of the molecule is COCC(C)N1CCC(N)C1=O. The second kappa shape index (κ2) is 3.87. The molecule has 0 spiro atoms. The van der Waals surface area contributed by atoms with Gasteiger partial charge in [-0.2, -0.15) is 0 Å². The molecule has 2 unspecified atom stereocenters. The van der Waals surface area contributed by atoms with Crippen molar-refractivity contribution in [3.8, 4) is 0 Å². The van der Waals surface area contributed by atoms with Gasteiger partial charge >= 0.3 is 0 Å². The van der Waals surface area contributed by atoms with Gasteiger partial charge < -0.3 is 15.4 Å². The largest absolute Gasteiger partial charge is 0.383 e. The quantitative estimate of drug-likeness (QED) is 0.629. The Morgan fingerprint density at radius 1 is 1.83 bits per heavy atom. The fraction of sp³-hybridized carbons (Fsp3) is 0.875. The van der Waals surface area contributed by atoms with Crippen LogP contribution in [0.5, 0.6) is 0 Å². The molecule has 1 amide bonds. The van der Waals surface area contributed by atoms with E-state index in [2.05, 4.69) is 0 Å². The van der Waals surface area contributed by atoms with Gasteiger partial charge in [0, 0.05) is 13.7 Å². The molecule has 12 heavy (non-hydrogen) atoms. The number of carbonyl (C=O) groups is 1. The number of amides is 1. The third kappa shape index (κ3) is 1.76. The zero-order valence-electron chi connectivity index (χ0n) is 7.62. The highest BCUT2D eigenvalue weighted by molar-refractivity contribution is 5.83. The molecule has 70 valence electrons. The van der Waals surface area contributed by atoms with Gasteiger partial charge in [0.2, 0.25) is 5.91 Å². The molecule has 1 rings (SSSR count). The highest BCUT2D eigenvalue weighted by atomic mass is 16.5. The molecule has 4 nitrogen and oxygen atoms in total. The molecule has 0 bridgehead atoms. The van der Waals surface area contributed by atoms with Gasteiger partial charge in [-0.15, -0.1) is 0 Å². The number of nitrogens with two attached hydrogens (primary N) is 1. The van der Waals surface area contributed by atoms with Gasteiger partial charge in [-0.25, -0.2) is 0 Å². The molecule has 0 aromatic heterocycles. The molecular formula is C8H16N2O2. The Balaban J connectivity index is 2.47. The number of likely N-dealkylation sites (tertiary alicyclic amines) is 1. The number of carbonyl (C=O) groups excluding carboxylic acids is 1. The number of methoxy groups -OCH3 is 1. The minimum absolute atomic E-state index is 0.0551. The zero-order valence-corrected chi connectivity index (χ0v) is 7.62. The van der Waals surface area contributed by atoms with E-state index in [1.54, 1.807) is 12.0 Å². The standard InChI is InChI=1S/C8H16N2O2/c1-6(5-12-2)10-4-3-7(9)8(10)11/h6-7H,3-5,9H2,1-2H3. The Morgan fingerprint density at radius 3 is 2.92 bits per heavy atom. The van der Waals surface area contributed by atoms with Gasteiger partial charge in [-0.05, 0) is 13.3 Å². The number of hydrogen-bond acceptors (Lipinski definition) is 3. The van der Waals surface area contributed by atoms with Crippen molar-refractivity contribution in [2.75, 3.05) is 20.3 Å². The summed E-state index contributed by atoms with van der Waals surface area (Å²) in [5.41, 5.74) is 5.57. The van der Waals surface area contributed by atoms with Crippen LogP contribution in [0, 0.1) is 0 Å². The summed E-state index contributed by atoms with van der Waals surface area (Å²) in [6.07, 6.45) is 0.771. The fourth-order valence-corrected chi connectivity index (χ4v) is 1.49. The lowest BCUT2D eigenvalue weighted by Crippen LogP contribution is -2.41. The van der Waals surface area contributed by atoms with E-state index in [1.807, 2.05) is 6.92 Å². The van der Waals surface area contributed by atoms with Gasteiger partial charge in [-0.3, -0.25) is 4.79 Å². The van der Waals surface area contributed by atoms with Crippen LogP contribution in [0.4, 0.5) is 0 Å². The molecular weight excluding hydrogens is 156 g/mol. The third-order valence-corrected chi connectivity index (χ3v) is 2.22. The molecule has 1 aliphatic rings. The van der Waals surface area contributed by atoms with Crippen LogP contribution < -0.4 is 5.73 Å². The smallest absolute Gasteiger partial charge is 0.239 e. The Labute approximate surface area is 72.7 Å². The van der Waals surface area contributed by atoms with E-state index in [0.29, 0.717) is 6.61 Å². The van der Waals surface area contributed by atoms with Crippen LogP contribution in [0.2, 0.25) is 0 Å². The van der Waals surface area contributed by atoms with Gasteiger partial charge in [0.1, 0.15) is 0 Å². The number of hydrogen-bond donors (Lipinski definition) is 1. The molecule has 1 heterocycles. The van der Waals surface area contributed by atoms with Gasteiger partial charge in [0.05, 0.1) is 18.7 Å². The summed E-state index contributed by atoms with van der Waals surface area (Å²) in [5, 5.41) is 0. The minimum Gasteiger partial charge on any atom is -0.383 e. The van der Waals surface area contributed by atoms with Crippen molar-refractivity contribution in [1.82, 2.24) is 4.90 Å². The Bertz CT molecular complexity index is 172. The van der Waals surface area contributed by atoms with Crippen LogP contribution in [0.1, 0.15) is 13.3 Å². The van der Waals surface area contributed by atoms with Crippen LogP contribution in [0.25, 0.3) is 0 Å². The van der Waals surface area contributed by atoms with Crippen molar-refractivity contribution in [3.05, 3.63) is 0 Å². The van der Waals surface area contributed by atoms with Gasteiger partial charge in [0.25, 0.3) is 0 Å². The summed E-state index contributed by atoms with van der Waals surface area (Å²) in [6.45, 7) is 3.32. The summed E-state index contributed by atoms with van der Waals surface area (Å²) < 4.78 is 4.96. The molecule has 0 aromatic rings. The first-order valence-corrected chi connectivity index (χ1v) is 4.21. The number of ether oxygens (including phenoxy) is 1. The molecule has 1 fully saturated rings. The van der Waals surface area contributed by atoms with Crippen LogP contribution in [0.15, 0.2) is 0 Å². The molecule has 4 heteroatoms. The van der Waals surface area contributed by atoms with E-state index >= 15 is 0 Å². The summed E-state index contributed by atoms with van der Waals surface area (Å²) in [6, 6.07) is -0.139. The monoisotopic (exact) mass is 172 g/mol. The Morgan fingerprint density at radius 2 is 2.50 bits per heavy atom. The molecule has 2 N–H and O–H groups in total. The van der Waals surface area contributed by atoms with Crippen molar-refractivity contribution in [3.63, 3.8) is 0 Å². The average Bonchev–Trinajstić information content (AvgIpc) is 2.34. The topological polar surface area (TPSA) is 55.6 Å². The van der Waals surface area contributed by atoms with Crippen molar-refractivity contribution >= 4 is 5.91 Å². The van der Waals surface area contributed by atoms with E-state index < -0.39 is 0 Å². The highest BCUT2D eigenvalue weighted by Crippen LogP contribution is 2.12. The van der Waals surface area contributed by atoms with Crippen LogP contribution in [-0.2, 0) is 9.53 Å². The molecule has 1 aliphatic heterocycles. The maximum atomic E-state index is 11.4. The third-order valence-electron chi connectivity index (χ3n) is 2.22. The van der Waals surface area contributed by atoms with E-state index in [9.17, 15) is 4.79 Å². The van der Waals surface area contributed by atoms with E-state index in [0.717, 1.165) is 13.0 Å². The molecule has 1 saturated heterocycles. The van der Waals surface area contributed by atoms with Crippen LogP contribution in [0.3, 0.4) is 0 Å². The maximum absolute atomic E-state index is 11.4. The summed E-state index contributed by atoms with van der Waals surface area (Å²) in [5.74, 6) is 0.0551. The Hall–Kier alpha value is -0.610. The van der Waals surface area contributed by atoms with Crippen LogP contribution in [-0.4, -0.2) is 43.2 Å². The average molecular weight is 172 g/mol. The first-order chi connectivity index (χ1) is 5.66. The zero-order chi connectivity index (χ0) is 9.14. The van der Waals surface area contributed by atoms with Crippen molar-refractivity contribution in [2.24, 2.45) is 5.73 Å². The van der Waals surface area contributed by atoms with Crippen LogP contribution >= 0.6 is 0 Å². The number of nitrogens with zero attached hydrogens (tertiary/aromatic N) is 1. The molecule has 0 aliphatic carbocycles. The highest BCUT2D eigenvalue weighted by Gasteiger charge is 2.31. The molecule has 2 atom stereocenters. The van der Waals surface area contributed by atoms with Crippen molar-refractivity contribution < 1.29 is 9.53 Å². The van der Waals surface area contributed by atoms with Crippen molar-refractivity contribution in [2.45, 2.75) is 25.4 Å². The molecule has 0 radical (unpaired) electrons. The fourth-order valence-electron chi connectivity index (χ4n) is 1.49. The normalized spacial score (nSPS) is 26.4. The van der Waals surface area contributed by atoms with E-state index in [1.165, 1.54) is 0 Å². The predicted octanol–water partition coefficient (Wildman–Crippen LogP) is -0.419. The minimum atomic E-state index is -0.288. The summed E-state index contributed by atoms with van der Waals surface area (Å²) in [4.78, 5) is 13.2. The molecule has 0 aromatic carbocycles. The second-order valence-electron chi connectivity index (χ2n) is 3.23. The lowest BCUT2D eigenvalue weighted by Gasteiger charge is -2.23. The Kier molecular flexibility index (Phi) is 3.05. The lowest BCUT2D eigenvalue weighted by atomic mass is 10.3. The summed E-state index contributed by atoms with van der Waals surface area (Å²) >= 11 is 0.